The van der Waals surface area contributed by atoms with Gasteiger partial charge in [0, 0.05) is 33.4 Å². The fourth-order valence-corrected chi connectivity index (χ4v) is 2.30. The molecule has 1 aromatic heterocycles. The van der Waals surface area contributed by atoms with Gasteiger partial charge in [0.05, 0.1) is 13.0 Å². The number of methoxy groups -OCH3 is 1. The molecule has 1 amide bonds. The summed E-state index contributed by atoms with van der Waals surface area (Å²) in [5.41, 5.74) is 0. The number of hydrogen-bond acceptors (Lipinski definition) is 4. The number of anilines is 1. The molecule has 0 aromatic carbocycles. The van der Waals surface area contributed by atoms with Gasteiger partial charge in [0.1, 0.15) is 0 Å². The number of carbonyl (C=O) groups excluding carboxylic acids is 1. The second-order valence-corrected chi connectivity index (χ2v) is 4.69. The van der Waals surface area contributed by atoms with Crippen molar-refractivity contribution in [2.45, 2.75) is 6.42 Å². The smallest absolute Gasteiger partial charge is 0.227 e. The summed E-state index contributed by atoms with van der Waals surface area (Å²) in [7, 11) is 5.23. The minimum absolute atomic E-state index is 0.0618. The van der Waals surface area contributed by atoms with Crippen molar-refractivity contribution < 1.29 is 9.53 Å². The summed E-state index contributed by atoms with van der Waals surface area (Å²) in [6, 6.07) is 3.74. The van der Waals surface area contributed by atoms with E-state index in [0.717, 1.165) is 24.5 Å². The van der Waals surface area contributed by atoms with Gasteiger partial charge < -0.3 is 14.5 Å². The highest BCUT2D eigenvalue weighted by Gasteiger charge is 2.31. The first-order valence-corrected chi connectivity index (χ1v) is 6.08. The van der Waals surface area contributed by atoms with Gasteiger partial charge >= 0.3 is 0 Å². The van der Waals surface area contributed by atoms with Gasteiger partial charge in [0.2, 0.25) is 5.91 Å². The summed E-state index contributed by atoms with van der Waals surface area (Å²) in [5.74, 6) is 1.84. The lowest BCUT2D eigenvalue weighted by molar-refractivity contribution is -0.132. The van der Waals surface area contributed by atoms with Crippen LogP contribution in [-0.4, -0.2) is 50.1 Å². The van der Waals surface area contributed by atoms with E-state index in [1.54, 1.807) is 32.3 Å². The van der Waals surface area contributed by atoms with E-state index in [1.807, 2.05) is 12.1 Å². The number of rotatable bonds is 3. The molecular weight excluding hydrogens is 230 g/mol. The van der Waals surface area contributed by atoms with Crippen molar-refractivity contribution in [3.63, 3.8) is 0 Å². The molecule has 1 unspecified atom stereocenters. The third-order valence-corrected chi connectivity index (χ3v) is 3.25. The minimum Gasteiger partial charge on any atom is -0.493 e. The van der Waals surface area contributed by atoms with Gasteiger partial charge in [-0.05, 0) is 18.6 Å². The van der Waals surface area contributed by atoms with Gasteiger partial charge in [-0.1, -0.05) is 0 Å². The lowest BCUT2D eigenvalue weighted by Gasteiger charge is -2.20. The van der Waals surface area contributed by atoms with E-state index in [4.69, 9.17) is 4.74 Å². The second-order valence-electron chi connectivity index (χ2n) is 4.69. The van der Waals surface area contributed by atoms with Gasteiger partial charge in [-0.15, -0.1) is 0 Å². The fraction of sp³-hybridized carbons (Fsp3) is 0.538. The monoisotopic (exact) mass is 249 g/mol. The molecule has 0 saturated carbocycles. The molecule has 1 fully saturated rings. The number of carbonyl (C=O) groups is 1. The summed E-state index contributed by atoms with van der Waals surface area (Å²) < 4.78 is 5.30. The molecule has 2 heterocycles. The summed E-state index contributed by atoms with van der Waals surface area (Å²) in [5, 5.41) is 0. The van der Waals surface area contributed by atoms with Gasteiger partial charge in [-0.25, -0.2) is 4.98 Å². The zero-order valence-corrected chi connectivity index (χ0v) is 11.1. The predicted octanol–water partition coefficient (Wildman–Crippen LogP) is 1.00. The Labute approximate surface area is 107 Å². The molecule has 98 valence electrons. The number of amides is 1. The van der Waals surface area contributed by atoms with Gasteiger partial charge in [0.15, 0.2) is 11.6 Å². The first-order chi connectivity index (χ1) is 8.63. The quantitative estimate of drug-likeness (QED) is 0.802. The molecule has 1 aliphatic rings. The molecule has 0 bridgehead atoms. The van der Waals surface area contributed by atoms with E-state index >= 15 is 0 Å². The molecule has 1 aromatic rings. The van der Waals surface area contributed by atoms with Crippen LogP contribution in [-0.2, 0) is 4.79 Å². The van der Waals surface area contributed by atoms with Crippen LogP contribution in [0.15, 0.2) is 18.3 Å². The topological polar surface area (TPSA) is 45.7 Å². The first-order valence-electron chi connectivity index (χ1n) is 6.08. The number of pyridine rings is 1. The van der Waals surface area contributed by atoms with Crippen molar-refractivity contribution in [3.05, 3.63) is 18.3 Å². The second kappa shape index (κ2) is 5.25. The summed E-state index contributed by atoms with van der Waals surface area (Å²) in [6.45, 7) is 1.56. The van der Waals surface area contributed by atoms with Crippen molar-refractivity contribution >= 4 is 11.7 Å². The normalized spacial score (nSPS) is 18.8. The average Bonchev–Trinajstić information content (AvgIpc) is 2.87. The number of ether oxygens (including phenoxy) is 1. The molecule has 0 spiro atoms. The zero-order valence-electron chi connectivity index (χ0n) is 11.1. The van der Waals surface area contributed by atoms with Crippen LogP contribution in [0.4, 0.5) is 5.82 Å². The molecule has 18 heavy (non-hydrogen) atoms. The van der Waals surface area contributed by atoms with Crippen molar-refractivity contribution in [1.29, 1.82) is 0 Å². The summed E-state index contributed by atoms with van der Waals surface area (Å²) >= 11 is 0. The van der Waals surface area contributed by atoms with Crippen molar-refractivity contribution in [1.82, 2.24) is 9.88 Å². The highest BCUT2D eigenvalue weighted by atomic mass is 16.5. The summed E-state index contributed by atoms with van der Waals surface area (Å²) in [4.78, 5) is 20.0. The SMILES string of the molecule is COc1cccnc1N1CCC(C(=O)N(C)C)C1. The Bertz CT molecular complexity index is 434. The standard InChI is InChI=1S/C13H19N3O2/c1-15(2)13(17)10-6-8-16(9-10)12-11(18-3)5-4-7-14-12/h4-5,7,10H,6,8-9H2,1-3H3. The van der Waals surface area contributed by atoms with Gasteiger partial charge in [0.25, 0.3) is 0 Å². The van der Waals surface area contributed by atoms with Crippen LogP contribution in [0, 0.1) is 5.92 Å². The lowest BCUT2D eigenvalue weighted by atomic mass is 10.1. The Kier molecular flexibility index (Phi) is 3.69. The molecule has 0 radical (unpaired) electrons. The van der Waals surface area contributed by atoms with Crippen molar-refractivity contribution in [2.24, 2.45) is 5.92 Å². The van der Waals surface area contributed by atoms with Gasteiger partial charge in [-0.3, -0.25) is 4.79 Å². The maximum atomic E-state index is 11.9. The molecule has 0 N–H and O–H groups in total. The molecule has 0 aliphatic carbocycles. The third kappa shape index (κ3) is 2.39. The molecule has 5 nitrogen and oxygen atoms in total. The molecule has 1 aliphatic heterocycles. The van der Waals surface area contributed by atoms with Crippen LogP contribution >= 0.6 is 0 Å². The minimum atomic E-state index is 0.0618. The number of aromatic nitrogens is 1. The van der Waals surface area contributed by atoms with Crippen molar-refractivity contribution in [3.8, 4) is 5.75 Å². The van der Waals surface area contributed by atoms with E-state index in [0.29, 0.717) is 6.54 Å². The maximum absolute atomic E-state index is 11.9. The van der Waals surface area contributed by atoms with Crippen LogP contribution in [0.5, 0.6) is 5.75 Å². The van der Waals surface area contributed by atoms with Crippen LogP contribution in [0.2, 0.25) is 0 Å². The molecule has 2 rings (SSSR count). The molecular formula is C13H19N3O2. The zero-order chi connectivity index (χ0) is 13.1. The lowest BCUT2D eigenvalue weighted by Crippen LogP contribution is -2.32. The fourth-order valence-electron chi connectivity index (χ4n) is 2.30. The molecule has 1 saturated heterocycles. The first kappa shape index (κ1) is 12.7. The number of hydrogen-bond donors (Lipinski definition) is 0. The van der Waals surface area contributed by atoms with Crippen LogP contribution in [0.25, 0.3) is 0 Å². The van der Waals surface area contributed by atoms with Crippen molar-refractivity contribution in [2.75, 3.05) is 39.2 Å². The maximum Gasteiger partial charge on any atom is 0.227 e. The third-order valence-electron chi connectivity index (χ3n) is 3.25. The van der Waals surface area contributed by atoms with E-state index in [9.17, 15) is 4.79 Å². The number of nitrogens with zero attached hydrogens (tertiary/aromatic N) is 3. The highest BCUT2D eigenvalue weighted by Crippen LogP contribution is 2.30. The Morgan fingerprint density at radius 1 is 1.56 bits per heavy atom. The Balaban J connectivity index is 2.11. The van der Waals surface area contributed by atoms with E-state index < -0.39 is 0 Å². The van der Waals surface area contributed by atoms with E-state index in [-0.39, 0.29) is 11.8 Å². The molecule has 5 heteroatoms. The molecule has 1 atom stereocenters. The Morgan fingerprint density at radius 2 is 2.33 bits per heavy atom. The Morgan fingerprint density at radius 3 is 3.00 bits per heavy atom. The predicted molar refractivity (Wildman–Crippen MR) is 69.8 cm³/mol. The summed E-state index contributed by atoms with van der Waals surface area (Å²) in [6.07, 6.45) is 2.62. The van der Waals surface area contributed by atoms with Crippen LogP contribution in [0.3, 0.4) is 0 Å². The largest absolute Gasteiger partial charge is 0.493 e. The average molecular weight is 249 g/mol. The van der Waals surface area contributed by atoms with E-state index in [2.05, 4.69) is 9.88 Å². The van der Waals surface area contributed by atoms with E-state index in [1.165, 1.54) is 0 Å². The van der Waals surface area contributed by atoms with Crippen LogP contribution < -0.4 is 9.64 Å². The van der Waals surface area contributed by atoms with Gasteiger partial charge in [-0.2, -0.15) is 0 Å². The highest BCUT2D eigenvalue weighted by molar-refractivity contribution is 5.79. The Hall–Kier alpha value is -1.78. The van der Waals surface area contributed by atoms with Crippen LogP contribution in [0.1, 0.15) is 6.42 Å².